The second-order valence-electron chi connectivity index (χ2n) is 4.26. The van der Waals surface area contributed by atoms with Gasteiger partial charge in [-0.05, 0) is 47.1 Å². The maximum absolute atomic E-state index is 12.6. The van der Waals surface area contributed by atoms with E-state index < -0.39 is 10.0 Å². The fraction of sp³-hybridized carbons (Fsp3) is 0.308. The number of thiophene rings is 1. The zero-order valence-electron chi connectivity index (χ0n) is 11.2. The molecule has 2 aromatic rings. The Bertz CT molecular complexity index is 698. The van der Waals surface area contributed by atoms with Gasteiger partial charge in [-0.3, -0.25) is 4.98 Å². The molecule has 0 spiro atoms. The summed E-state index contributed by atoms with van der Waals surface area (Å²) in [5.74, 6) is 0. The van der Waals surface area contributed by atoms with Crippen molar-refractivity contribution in [3.05, 3.63) is 45.5 Å². The van der Waals surface area contributed by atoms with E-state index in [-0.39, 0.29) is 6.54 Å². The summed E-state index contributed by atoms with van der Waals surface area (Å²) in [7, 11) is -3.46. The lowest BCUT2D eigenvalue weighted by atomic mass is 10.3. The van der Waals surface area contributed by atoms with Gasteiger partial charge in [0.2, 0.25) is 0 Å². The molecule has 0 saturated carbocycles. The number of hydrogen-bond acceptors (Lipinski definition) is 4. The molecule has 2 rings (SSSR count). The number of aryl methyl sites for hydroxylation is 1. The van der Waals surface area contributed by atoms with Crippen LogP contribution in [0.2, 0.25) is 0 Å². The molecule has 0 radical (unpaired) electrons. The lowest BCUT2D eigenvalue weighted by molar-refractivity contribution is 0.420. The predicted octanol–water partition coefficient (Wildman–Crippen LogP) is 3.42. The summed E-state index contributed by atoms with van der Waals surface area (Å²) < 4.78 is 27.7. The Hall–Kier alpha value is -0.760. The smallest absolute Gasteiger partial charge is 0.252 e. The molecule has 0 aliphatic heterocycles. The van der Waals surface area contributed by atoms with Crippen molar-refractivity contribution in [2.75, 3.05) is 6.54 Å². The standard InChI is InChI=1S/C13H15BrN2O2S2/c1-3-16(9-11-6-4-5-10(2)15-11)20(17,18)13-8-7-12(14)19-13/h4-8H,3,9H2,1-2H3. The molecular formula is C13H15BrN2O2S2. The van der Waals surface area contributed by atoms with Crippen LogP contribution >= 0.6 is 27.3 Å². The number of rotatable bonds is 5. The van der Waals surface area contributed by atoms with Crippen molar-refractivity contribution < 1.29 is 8.42 Å². The summed E-state index contributed by atoms with van der Waals surface area (Å²) in [6.45, 7) is 4.42. The Morgan fingerprint density at radius 3 is 2.60 bits per heavy atom. The maximum Gasteiger partial charge on any atom is 0.252 e. The lowest BCUT2D eigenvalue weighted by Crippen LogP contribution is -2.30. The fourth-order valence-corrected chi connectivity index (χ4v) is 5.38. The third-order valence-corrected chi connectivity index (χ3v) is 6.79. The van der Waals surface area contributed by atoms with Crippen LogP contribution < -0.4 is 0 Å². The highest BCUT2D eigenvalue weighted by molar-refractivity contribution is 9.11. The van der Waals surface area contributed by atoms with Crippen molar-refractivity contribution >= 4 is 37.3 Å². The van der Waals surface area contributed by atoms with Gasteiger partial charge in [-0.15, -0.1) is 11.3 Å². The van der Waals surface area contributed by atoms with Crippen LogP contribution in [-0.4, -0.2) is 24.3 Å². The van der Waals surface area contributed by atoms with Crippen molar-refractivity contribution in [1.82, 2.24) is 9.29 Å². The monoisotopic (exact) mass is 374 g/mol. The molecule has 0 aliphatic carbocycles. The van der Waals surface area contributed by atoms with E-state index in [0.717, 1.165) is 15.2 Å². The molecule has 0 bridgehead atoms. The first-order valence-electron chi connectivity index (χ1n) is 6.11. The number of aromatic nitrogens is 1. The van der Waals surface area contributed by atoms with E-state index in [1.54, 1.807) is 12.1 Å². The van der Waals surface area contributed by atoms with Gasteiger partial charge in [0.15, 0.2) is 0 Å². The van der Waals surface area contributed by atoms with Crippen LogP contribution in [0.1, 0.15) is 18.3 Å². The molecule has 4 nitrogen and oxygen atoms in total. The van der Waals surface area contributed by atoms with Crippen LogP contribution in [0.4, 0.5) is 0 Å². The quantitative estimate of drug-likeness (QED) is 0.805. The number of halogens is 1. The van der Waals surface area contributed by atoms with Crippen LogP contribution in [0.5, 0.6) is 0 Å². The third-order valence-electron chi connectivity index (χ3n) is 2.78. The summed E-state index contributed by atoms with van der Waals surface area (Å²) in [5.41, 5.74) is 1.64. The highest BCUT2D eigenvalue weighted by Crippen LogP contribution is 2.28. The summed E-state index contributed by atoms with van der Waals surface area (Å²) in [5, 5.41) is 0. The molecule has 0 aromatic carbocycles. The van der Waals surface area contributed by atoms with Crippen LogP contribution in [0, 0.1) is 6.92 Å². The summed E-state index contributed by atoms with van der Waals surface area (Å²) in [6, 6.07) is 8.99. The molecule has 2 heterocycles. The molecule has 2 aromatic heterocycles. The SMILES string of the molecule is CCN(Cc1cccc(C)n1)S(=O)(=O)c1ccc(Br)s1. The Balaban J connectivity index is 2.28. The zero-order valence-corrected chi connectivity index (χ0v) is 14.4. The Kier molecular flexibility index (Phi) is 4.95. The van der Waals surface area contributed by atoms with Crippen LogP contribution in [0.25, 0.3) is 0 Å². The molecule has 108 valence electrons. The highest BCUT2D eigenvalue weighted by atomic mass is 79.9. The fourth-order valence-electron chi connectivity index (χ4n) is 1.80. The Morgan fingerprint density at radius 1 is 1.30 bits per heavy atom. The predicted molar refractivity (Wildman–Crippen MR) is 84.3 cm³/mol. The number of pyridine rings is 1. The summed E-state index contributed by atoms with van der Waals surface area (Å²) >= 11 is 4.51. The average Bonchev–Trinajstić information content (AvgIpc) is 2.83. The van der Waals surface area contributed by atoms with Gasteiger partial charge in [-0.2, -0.15) is 4.31 Å². The summed E-state index contributed by atoms with van der Waals surface area (Å²) in [6.07, 6.45) is 0. The van der Waals surface area contributed by atoms with Gasteiger partial charge in [0.05, 0.1) is 16.0 Å². The second-order valence-corrected chi connectivity index (χ2v) is 8.89. The number of nitrogens with zero attached hydrogens (tertiary/aromatic N) is 2. The van der Waals surface area contributed by atoms with Crippen molar-refractivity contribution in [2.24, 2.45) is 0 Å². The molecule has 0 fully saturated rings. The minimum absolute atomic E-state index is 0.288. The van der Waals surface area contributed by atoms with Gasteiger partial charge < -0.3 is 0 Å². The average molecular weight is 375 g/mol. The van der Waals surface area contributed by atoms with E-state index in [9.17, 15) is 8.42 Å². The van der Waals surface area contributed by atoms with Crippen molar-refractivity contribution in [1.29, 1.82) is 0 Å². The van der Waals surface area contributed by atoms with Crippen LogP contribution in [0.3, 0.4) is 0 Å². The molecule has 0 aliphatic rings. The second kappa shape index (κ2) is 6.34. The van der Waals surface area contributed by atoms with Gasteiger partial charge in [0, 0.05) is 12.2 Å². The third kappa shape index (κ3) is 3.46. The Morgan fingerprint density at radius 2 is 2.05 bits per heavy atom. The molecular weight excluding hydrogens is 360 g/mol. The van der Waals surface area contributed by atoms with Gasteiger partial charge in [0.25, 0.3) is 10.0 Å². The van der Waals surface area contributed by atoms with Crippen LogP contribution in [-0.2, 0) is 16.6 Å². The highest BCUT2D eigenvalue weighted by Gasteiger charge is 2.25. The minimum atomic E-state index is -3.46. The zero-order chi connectivity index (χ0) is 14.8. The molecule has 0 N–H and O–H groups in total. The van der Waals surface area contributed by atoms with E-state index in [2.05, 4.69) is 20.9 Å². The van der Waals surface area contributed by atoms with Gasteiger partial charge in [-0.1, -0.05) is 13.0 Å². The first-order valence-corrected chi connectivity index (χ1v) is 9.16. The van der Waals surface area contributed by atoms with Gasteiger partial charge >= 0.3 is 0 Å². The molecule has 0 saturated heterocycles. The largest absolute Gasteiger partial charge is 0.257 e. The molecule has 0 atom stereocenters. The normalized spacial score (nSPS) is 12.0. The van der Waals surface area contributed by atoms with E-state index in [1.807, 2.05) is 32.0 Å². The van der Waals surface area contributed by atoms with Crippen LogP contribution in [0.15, 0.2) is 38.3 Å². The molecule has 20 heavy (non-hydrogen) atoms. The van der Waals surface area contributed by atoms with Gasteiger partial charge in [-0.25, -0.2) is 8.42 Å². The van der Waals surface area contributed by atoms with Crippen molar-refractivity contribution in [3.63, 3.8) is 0 Å². The van der Waals surface area contributed by atoms with Crippen molar-refractivity contribution in [2.45, 2.75) is 24.6 Å². The maximum atomic E-state index is 12.6. The topological polar surface area (TPSA) is 50.3 Å². The number of hydrogen-bond donors (Lipinski definition) is 0. The Labute approximate surface area is 131 Å². The minimum Gasteiger partial charge on any atom is -0.257 e. The van der Waals surface area contributed by atoms with E-state index in [4.69, 9.17) is 0 Å². The van der Waals surface area contributed by atoms with E-state index >= 15 is 0 Å². The van der Waals surface area contributed by atoms with E-state index in [1.165, 1.54) is 15.6 Å². The van der Waals surface area contributed by atoms with Crippen molar-refractivity contribution in [3.8, 4) is 0 Å². The first-order chi connectivity index (χ1) is 9.43. The van der Waals surface area contributed by atoms with E-state index in [0.29, 0.717) is 10.8 Å². The molecule has 7 heteroatoms. The molecule has 0 unspecified atom stereocenters. The number of sulfonamides is 1. The lowest BCUT2D eigenvalue weighted by Gasteiger charge is -2.19. The first kappa shape index (κ1) is 15.6. The summed E-state index contributed by atoms with van der Waals surface area (Å²) in [4.78, 5) is 4.36. The van der Waals surface area contributed by atoms with Gasteiger partial charge in [0.1, 0.15) is 4.21 Å². The molecule has 0 amide bonds.